The van der Waals surface area contributed by atoms with E-state index < -0.39 is 5.60 Å². The van der Waals surface area contributed by atoms with Gasteiger partial charge in [-0.25, -0.2) is 0 Å². The van der Waals surface area contributed by atoms with Gasteiger partial charge in [0.05, 0.1) is 17.6 Å². The third kappa shape index (κ3) is 4.79. The zero-order chi connectivity index (χ0) is 20.3. The first-order valence-corrected chi connectivity index (χ1v) is 10.2. The van der Waals surface area contributed by atoms with Gasteiger partial charge in [0.1, 0.15) is 22.8 Å². The summed E-state index contributed by atoms with van der Waals surface area (Å²) in [5, 5.41) is 3.08. The van der Waals surface area contributed by atoms with Gasteiger partial charge in [0, 0.05) is 18.1 Å². The number of halogens is 1. The largest absolute Gasteiger partial charge is 0.497 e. The van der Waals surface area contributed by atoms with E-state index in [1.165, 1.54) is 5.56 Å². The Morgan fingerprint density at radius 1 is 1.29 bits per heavy atom. The van der Waals surface area contributed by atoms with Crippen molar-refractivity contribution in [3.63, 3.8) is 0 Å². The molecule has 0 unspecified atom stereocenters. The normalized spacial score (nSPS) is 17.2. The van der Waals surface area contributed by atoms with E-state index in [4.69, 9.17) is 14.2 Å². The standard InChI is InChI=1S/C22H26BrNO4/c1-5-14-6-9-19(17(23)10-14)27-13-21(25)24-18-12-22(2,3)28-20-11-15(26-4)7-8-16(18)20/h6-11,18H,5,12-13H2,1-4H3,(H,24,25)/t18-/m1/s1. The van der Waals surface area contributed by atoms with Crippen LogP contribution in [-0.4, -0.2) is 25.2 Å². The maximum Gasteiger partial charge on any atom is 0.258 e. The van der Waals surface area contributed by atoms with Crippen molar-refractivity contribution in [1.82, 2.24) is 5.32 Å². The molecular formula is C22H26BrNO4. The zero-order valence-corrected chi connectivity index (χ0v) is 18.3. The molecule has 28 heavy (non-hydrogen) atoms. The monoisotopic (exact) mass is 447 g/mol. The molecule has 0 fully saturated rings. The van der Waals surface area contributed by atoms with Crippen LogP contribution in [0.2, 0.25) is 0 Å². The molecule has 150 valence electrons. The highest BCUT2D eigenvalue weighted by atomic mass is 79.9. The number of fused-ring (bicyclic) bond motifs is 1. The number of carbonyl (C=O) groups excluding carboxylic acids is 1. The number of amides is 1. The molecule has 0 saturated heterocycles. The van der Waals surface area contributed by atoms with Crippen LogP contribution in [0.15, 0.2) is 40.9 Å². The quantitative estimate of drug-likeness (QED) is 0.689. The Hall–Kier alpha value is -2.21. The molecule has 1 N–H and O–H groups in total. The summed E-state index contributed by atoms with van der Waals surface area (Å²) < 4.78 is 17.9. The van der Waals surface area contributed by atoms with Gasteiger partial charge in [-0.2, -0.15) is 0 Å². The lowest BCUT2D eigenvalue weighted by molar-refractivity contribution is -0.124. The van der Waals surface area contributed by atoms with Gasteiger partial charge in [0.15, 0.2) is 6.61 Å². The molecule has 1 aliphatic heterocycles. The smallest absolute Gasteiger partial charge is 0.258 e. The molecule has 1 atom stereocenters. The number of methoxy groups -OCH3 is 1. The maximum atomic E-state index is 12.5. The Labute approximate surface area is 174 Å². The highest BCUT2D eigenvalue weighted by molar-refractivity contribution is 9.10. The van der Waals surface area contributed by atoms with Gasteiger partial charge in [-0.3, -0.25) is 4.79 Å². The van der Waals surface area contributed by atoms with Crippen molar-refractivity contribution in [2.24, 2.45) is 0 Å². The van der Waals surface area contributed by atoms with Crippen LogP contribution in [0, 0.1) is 0 Å². The van der Waals surface area contributed by atoms with Crippen LogP contribution >= 0.6 is 15.9 Å². The fraction of sp³-hybridized carbons (Fsp3) is 0.409. The topological polar surface area (TPSA) is 56.8 Å². The number of benzene rings is 2. The number of nitrogens with one attached hydrogen (secondary N) is 1. The van der Waals surface area contributed by atoms with Crippen LogP contribution in [0.1, 0.15) is 44.4 Å². The Morgan fingerprint density at radius 2 is 2.07 bits per heavy atom. The van der Waals surface area contributed by atoms with Crippen molar-refractivity contribution in [3.05, 3.63) is 52.0 Å². The number of carbonyl (C=O) groups is 1. The summed E-state index contributed by atoms with van der Waals surface area (Å²) in [6.45, 7) is 6.07. The Balaban J connectivity index is 1.68. The Morgan fingerprint density at radius 3 is 2.75 bits per heavy atom. The molecule has 1 aliphatic rings. The van der Waals surface area contributed by atoms with Crippen LogP contribution in [0.5, 0.6) is 17.2 Å². The SMILES string of the molecule is CCc1ccc(OCC(=O)N[C@@H]2CC(C)(C)Oc3cc(OC)ccc32)c(Br)c1. The van der Waals surface area contributed by atoms with E-state index >= 15 is 0 Å². The molecule has 0 spiro atoms. The van der Waals surface area contributed by atoms with Crippen molar-refractivity contribution in [2.75, 3.05) is 13.7 Å². The number of aryl methyl sites for hydroxylation is 1. The predicted octanol–water partition coefficient (Wildman–Crippen LogP) is 4.82. The molecule has 0 aromatic heterocycles. The van der Waals surface area contributed by atoms with E-state index in [0.29, 0.717) is 12.2 Å². The summed E-state index contributed by atoms with van der Waals surface area (Å²) in [6.07, 6.45) is 1.62. The van der Waals surface area contributed by atoms with E-state index in [2.05, 4.69) is 28.2 Å². The molecule has 0 radical (unpaired) electrons. The second-order valence-electron chi connectivity index (χ2n) is 7.50. The number of rotatable bonds is 6. The fourth-order valence-electron chi connectivity index (χ4n) is 3.35. The van der Waals surface area contributed by atoms with Gasteiger partial charge in [-0.1, -0.05) is 13.0 Å². The van der Waals surface area contributed by atoms with Gasteiger partial charge in [0.2, 0.25) is 0 Å². The fourth-order valence-corrected chi connectivity index (χ4v) is 3.89. The van der Waals surface area contributed by atoms with Gasteiger partial charge >= 0.3 is 0 Å². The lowest BCUT2D eigenvalue weighted by Crippen LogP contribution is -2.42. The van der Waals surface area contributed by atoms with Gasteiger partial charge in [-0.05, 0) is 66.0 Å². The first-order chi connectivity index (χ1) is 13.3. The van der Waals surface area contributed by atoms with Gasteiger partial charge in [-0.15, -0.1) is 0 Å². The first-order valence-electron chi connectivity index (χ1n) is 9.39. The van der Waals surface area contributed by atoms with Crippen molar-refractivity contribution in [1.29, 1.82) is 0 Å². The minimum Gasteiger partial charge on any atom is -0.497 e. The molecule has 0 aliphatic carbocycles. The van der Waals surface area contributed by atoms with E-state index in [9.17, 15) is 4.79 Å². The lowest BCUT2D eigenvalue weighted by atomic mass is 9.89. The second kappa shape index (κ2) is 8.43. The van der Waals surface area contributed by atoms with Gasteiger partial charge in [0.25, 0.3) is 5.91 Å². The van der Waals surface area contributed by atoms with Crippen molar-refractivity contribution in [2.45, 2.75) is 45.3 Å². The third-order valence-corrected chi connectivity index (χ3v) is 5.40. The predicted molar refractivity (Wildman–Crippen MR) is 112 cm³/mol. The average Bonchev–Trinajstić information content (AvgIpc) is 2.65. The van der Waals surface area contributed by atoms with Crippen LogP contribution in [0.4, 0.5) is 0 Å². The number of ether oxygens (including phenoxy) is 3. The van der Waals surface area contributed by atoms with Crippen LogP contribution in [0.3, 0.4) is 0 Å². The number of hydrogen-bond acceptors (Lipinski definition) is 4. The van der Waals surface area contributed by atoms with Crippen molar-refractivity contribution in [3.8, 4) is 17.2 Å². The highest BCUT2D eigenvalue weighted by Gasteiger charge is 2.34. The van der Waals surface area contributed by atoms with Gasteiger partial charge < -0.3 is 19.5 Å². The van der Waals surface area contributed by atoms with E-state index in [1.54, 1.807) is 7.11 Å². The van der Waals surface area contributed by atoms with Crippen molar-refractivity contribution >= 4 is 21.8 Å². The maximum absolute atomic E-state index is 12.5. The number of hydrogen-bond donors (Lipinski definition) is 1. The van der Waals surface area contributed by atoms with E-state index in [0.717, 1.165) is 28.0 Å². The molecule has 2 aromatic rings. The summed E-state index contributed by atoms with van der Waals surface area (Å²) in [5.74, 6) is 1.95. The summed E-state index contributed by atoms with van der Waals surface area (Å²) in [6, 6.07) is 11.4. The summed E-state index contributed by atoms with van der Waals surface area (Å²) in [5.41, 5.74) is 1.76. The Bertz CT molecular complexity index is 866. The second-order valence-corrected chi connectivity index (χ2v) is 8.35. The molecule has 3 rings (SSSR count). The molecule has 0 bridgehead atoms. The minimum atomic E-state index is -0.392. The molecule has 2 aromatic carbocycles. The molecular weight excluding hydrogens is 422 g/mol. The zero-order valence-electron chi connectivity index (χ0n) is 16.7. The third-order valence-electron chi connectivity index (χ3n) is 4.78. The van der Waals surface area contributed by atoms with Crippen molar-refractivity contribution < 1.29 is 19.0 Å². The van der Waals surface area contributed by atoms with Crippen LogP contribution < -0.4 is 19.5 Å². The average molecular weight is 448 g/mol. The molecule has 5 nitrogen and oxygen atoms in total. The van der Waals surface area contributed by atoms with Crippen LogP contribution in [0.25, 0.3) is 0 Å². The minimum absolute atomic E-state index is 0.0483. The summed E-state index contributed by atoms with van der Waals surface area (Å²) in [7, 11) is 1.62. The van der Waals surface area contributed by atoms with E-state index in [1.807, 2.05) is 50.2 Å². The molecule has 1 amide bonds. The molecule has 1 heterocycles. The van der Waals surface area contributed by atoms with E-state index in [-0.39, 0.29) is 18.6 Å². The lowest BCUT2D eigenvalue weighted by Gasteiger charge is -2.38. The molecule has 0 saturated carbocycles. The first kappa shape index (κ1) is 20.5. The Kier molecular flexibility index (Phi) is 6.18. The summed E-state index contributed by atoms with van der Waals surface area (Å²) >= 11 is 3.50. The highest BCUT2D eigenvalue weighted by Crippen LogP contribution is 2.41. The summed E-state index contributed by atoms with van der Waals surface area (Å²) in [4.78, 5) is 12.5. The van der Waals surface area contributed by atoms with Crippen LogP contribution in [-0.2, 0) is 11.2 Å². The molecule has 6 heteroatoms.